The molecule has 1 N–H and O–H groups in total. The Bertz CT molecular complexity index is 660. The molecular weight excluding hydrogens is 370 g/mol. The lowest BCUT2D eigenvalue weighted by Crippen LogP contribution is -2.51. The van der Waals surface area contributed by atoms with Gasteiger partial charge >= 0.3 is 17.9 Å². The molecule has 0 unspecified atom stereocenters. The van der Waals surface area contributed by atoms with Gasteiger partial charge in [0.1, 0.15) is 12.6 Å². The van der Waals surface area contributed by atoms with E-state index in [1.54, 1.807) is 0 Å². The van der Waals surface area contributed by atoms with E-state index in [9.17, 15) is 19.2 Å². The Morgan fingerprint density at radius 2 is 1.43 bits per heavy atom. The third kappa shape index (κ3) is 6.66. The van der Waals surface area contributed by atoms with Crippen LogP contribution in [-0.4, -0.2) is 57.8 Å². The van der Waals surface area contributed by atoms with Gasteiger partial charge < -0.3 is 24.3 Å². The normalized spacial score (nSPS) is 12.6. The highest BCUT2D eigenvalue weighted by Crippen LogP contribution is 2.20. The fraction of sp³-hybridized carbons (Fsp3) is 0.474. The zero-order valence-electron chi connectivity index (χ0n) is 16.3. The predicted octanol–water partition coefficient (Wildman–Crippen LogP) is 0.459. The molecule has 0 aliphatic rings. The van der Waals surface area contributed by atoms with Crippen molar-refractivity contribution in [2.45, 2.75) is 19.6 Å². The van der Waals surface area contributed by atoms with E-state index in [0.717, 1.165) is 26.9 Å². The highest BCUT2D eigenvalue weighted by atomic mass is 16.5. The number of rotatable bonds is 10. The largest absolute Gasteiger partial charge is 0.468 e. The summed E-state index contributed by atoms with van der Waals surface area (Å²) in [5.74, 6) is -5.59. The van der Waals surface area contributed by atoms with Crippen LogP contribution in [0, 0.1) is 11.8 Å². The highest BCUT2D eigenvalue weighted by Gasteiger charge is 2.42. The number of carbonyl (C=O) groups excluding carboxylic acids is 4. The number of hydrogen-bond acceptors (Lipinski definition) is 8. The summed E-state index contributed by atoms with van der Waals surface area (Å²) in [4.78, 5) is 48.3. The third-order valence-electron chi connectivity index (χ3n) is 4.08. The van der Waals surface area contributed by atoms with Crippen molar-refractivity contribution in [2.75, 3.05) is 27.9 Å². The molecule has 9 nitrogen and oxygen atoms in total. The number of nitrogens with one attached hydrogen (secondary N) is 1. The molecule has 0 spiro atoms. The first-order valence-electron chi connectivity index (χ1n) is 8.50. The number of hydrogen-bond donors (Lipinski definition) is 1. The maximum atomic E-state index is 12.2. The second kappa shape index (κ2) is 11.7. The molecule has 0 aromatic heterocycles. The Balaban J connectivity index is 2.80. The van der Waals surface area contributed by atoms with Gasteiger partial charge in [0, 0.05) is 5.92 Å². The van der Waals surface area contributed by atoms with Crippen molar-refractivity contribution in [1.29, 1.82) is 0 Å². The van der Waals surface area contributed by atoms with Gasteiger partial charge in [-0.2, -0.15) is 0 Å². The molecule has 0 saturated carbocycles. The van der Waals surface area contributed by atoms with E-state index in [4.69, 9.17) is 4.74 Å². The average molecular weight is 395 g/mol. The van der Waals surface area contributed by atoms with Crippen LogP contribution in [0.25, 0.3) is 0 Å². The van der Waals surface area contributed by atoms with Crippen LogP contribution in [0.1, 0.15) is 12.5 Å². The Labute approximate surface area is 163 Å². The van der Waals surface area contributed by atoms with E-state index in [0.29, 0.717) is 0 Å². The van der Waals surface area contributed by atoms with Crippen LogP contribution < -0.4 is 5.32 Å². The molecule has 28 heavy (non-hydrogen) atoms. The first-order valence-corrected chi connectivity index (χ1v) is 8.50. The molecule has 0 bridgehead atoms. The van der Waals surface area contributed by atoms with Gasteiger partial charge in [-0.3, -0.25) is 14.4 Å². The minimum Gasteiger partial charge on any atom is -0.468 e. The van der Waals surface area contributed by atoms with Crippen LogP contribution >= 0.6 is 0 Å². The number of esters is 3. The zero-order chi connectivity index (χ0) is 21.1. The summed E-state index contributed by atoms with van der Waals surface area (Å²) in [6, 6.07) is 7.95. The summed E-state index contributed by atoms with van der Waals surface area (Å²) in [6.45, 7) is 1.32. The van der Waals surface area contributed by atoms with Gasteiger partial charge in [0.2, 0.25) is 5.91 Å². The summed E-state index contributed by atoms with van der Waals surface area (Å²) in [5, 5.41) is 2.44. The first kappa shape index (κ1) is 23.1. The molecule has 1 amide bonds. The lowest BCUT2D eigenvalue weighted by Gasteiger charge is -2.27. The van der Waals surface area contributed by atoms with Crippen LogP contribution in [0.15, 0.2) is 30.3 Å². The lowest BCUT2D eigenvalue weighted by molar-refractivity contribution is -0.163. The predicted molar refractivity (Wildman–Crippen MR) is 96.7 cm³/mol. The van der Waals surface area contributed by atoms with E-state index >= 15 is 0 Å². The maximum absolute atomic E-state index is 12.2. The molecule has 0 fully saturated rings. The first-order chi connectivity index (χ1) is 13.3. The molecular formula is C19H25NO8. The molecule has 0 radical (unpaired) electrons. The lowest BCUT2D eigenvalue weighted by atomic mass is 9.87. The van der Waals surface area contributed by atoms with Crippen molar-refractivity contribution in [3.8, 4) is 0 Å². The molecule has 1 rings (SSSR count). The van der Waals surface area contributed by atoms with Gasteiger partial charge in [-0.15, -0.1) is 0 Å². The third-order valence-corrected chi connectivity index (χ3v) is 4.08. The number of carbonyl (C=O) groups is 4. The molecule has 1 aromatic rings. The molecule has 9 heteroatoms. The highest BCUT2D eigenvalue weighted by molar-refractivity contribution is 5.96. The van der Waals surface area contributed by atoms with Crippen molar-refractivity contribution in [3.63, 3.8) is 0 Å². The number of ether oxygens (including phenoxy) is 4. The van der Waals surface area contributed by atoms with Crippen LogP contribution in [0.5, 0.6) is 0 Å². The van der Waals surface area contributed by atoms with Gasteiger partial charge in [-0.1, -0.05) is 37.3 Å². The minimum absolute atomic E-state index is 0.208. The summed E-state index contributed by atoms with van der Waals surface area (Å²) in [5.41, 5.74) is 0.879. The van der Waals surface area contributed by atoms with Crippen LogP contribution in [0.2, 0.25) is 0 Å². The van der Waals surface area contributed by atoms with Gasteiger partial charge in [-0.05, 0) is 5.56 Å². The molecule has 2 atom stereocenters. The molecule has 0 aliphatic heterocycles. The molecule has 1 aromatic carbocycles. The number of methoxy groups -OCH3 is 3. The van der Waals surface area contributed by atoms with Crippen molar-refractivity contribution >= 4 is 23.8 Å². The second-order valence-corrected chi connectivity index (χ2v) is 5.93. The summed E-state index contributed by atoms with van der Waals surface area (Å²) < 4.78 is 19.2. The molecule has 0 heterocycles. The Morgan fingerprint density at radius 1 is 0.893 bits per heavy atom. The monoisotopic (exact) mass is 395 g/mol. The van der Waals surface area contributed by atoms with E-state index in [1.165, 1.54) is 6.92 Å². The van der Waals surface area contributed by atoms with Gasteiger partial charge in [0.05, 0.1) is 27.9 Å². The summed E-state index contributed by atoms with van der Waals surface area (Å²) in [6.07, 6.45) is 0. The van der Waals surface area contributed by atoms with E-state index in [1.807, 2.05) is 30.3 Å². The van der Waals surface area contributed by atoms with Crippen molar-refractivity contribution in [1.82, 2.24) is 5.32 Å². The quantitative estimate of drug-likeness (QED) is 0.345. The van der Waals surface area contributed by atoms with Crippen LogP contribution in [0.3, 0.4) is 0 Å². The SMILES string of the molecule is COC(=O)C(C(=O)OC)[C@H](C)[C@H](NC(=O)COCc1ccccc1)C(=O)OC. The van der Waals surface area contributed by atoms with E-state index < -0.39 is 41.7 Å². The minimum atomic E-state index is -1.41. The Hall–Kier alpha value is -2.94. The zero-order valence-corrected chi connectivity index (χ0v) is 16.3. The molecule has 154 valence electrons. The van der Waals surface area contributed by atoms with Crippen molar-refractivity contribution in [2.24, 2.45) is 11.8 Å². The topological polar surface area (TPSA) is 117 Å². The standard InChI is InChI=1S/C19H25NO8/c1-12(15(17(22)25-2)18(23)26-3)16(19(24)27-4)20-14(21)11-28-10-13-8-6-5-7-9-13/h5-9,12,15-16H,10-11H2,1-4H3,(H,20,21)/t12-,16-/m0/s1. The molecule has 0 aliphatic carbocycles. The van der Waals surface area contributed by atoms with Crippen molar-refractivity contribution < 1.29 is 38.1 Å². The number of amides is 1. The Morgan fingerprint density at radius 3 is 1.93 bits per heavy atom. The summed E-state index contributed by atoms with van der Waals surface area (Å²) in [7, 11) is 3.34. The van der Waals surface area contributed by atoms with Gasteiger partial charge in [0.25, 0.3) is 0 Å². The fourth-order valence-electron chi connectivity index (χ4n) is 2.55. The fourth-order valence-corrected chi connectivity index (χ4v) is 2.55. The van der Waals surface area contributed by atoms with Crippen LogP contribution in [0.4, 0.5) is 0 Å². The van der Waals surface area contributed by atoms with Gasteiger partial charge in [0.15, 0.2) is 5.92 Å². The van der Waals surface area contributed by atoms with E-state index in [-0.39, 0.29) is 13.2 Å². The average Bonchev–Trinajstić information content (AvgIpc) is 2.71. The van der Waals surface area contributed by atoms with Gasteiger partial charge in [-0.25, -0.2) is 4.79 Å². The van der Waals surface area contributed by atoms with Crippen molar-refractivity contribution in [3.05, 3.63) is 35.9 Å². The van der Waals surface area contributed by atoms with E-state index in [2.05, 4.69) is 19.5 Å². The second-order valence-electron chi connectivity index (χ2n) is 5.93. The summed E-state index contributed by atoms with van der Waals surface area (Å²) >= 11 is 0. The number of benzene rings is 1. The molecule has 0 saturated heterocycles. The maximum Gasteiger partial charge on any atom is 0.328 e. The smallest absolute Gasteiger partial charge is 0.328 e. The van der Waals surface area contributed by atoms with Crippen LogP contribution in [-0.2, 0) is 44.7 Å². The Kier molecular flexibility index (Phi) is 9.66.